The zero-order chi connectivity index (χ0) is 27.9. The number of aromatic nitrogens is 3. The second kappa shape index (κ2) is 10.8. The molecule has 5 rings (SSSR count). The number of nitrogens with zero attached hydrogens (tertiary/aromatic N) is 5. The fourth-order valence-electron chi connectivity index (χ4n) is 5.13. The molecule has 1 saturated heterocycles. The highest BCUT2D eigenvalue weighted by molar-refractivity contribution is 7.89. The maximum Gasteiger partial charge on any atom is 0.247 e. The molecule has 0 spiro atoms. The molecule has 1 amide bonds. The van der Waals surface area contributed by atoms with Crippen molar-refractivity contribution in [2.75, 3.05) is 18.0 Å². The van der Waals surface area contributed by atoms with Crippen LogP contribution in [0.1, 0.15) is 49.6 Å². The van der Waals surface area contributed by atoms with E-state index in [0.717, 1.165) is 39.3 Å². The summed E-state index contributed by atoms with van der Waals surface area (Å²) in [5.74, 6) is -0.575. The van der Waals surface area contributed by atoms with Gasteiger partial charge in [0, 0.05) is 18.8 Å². The molecule has 1 aliphatic rings. The number of para-hydroxylation sites is 1. The lowest BCUT2D eigenvalue weighted by Gasteiger charge is -2.28. The Balaban J connectivity index is 1.52. The molecule has 8 nitrogen and oxygen atoms in total. The Morgan fingerprint density at radius 1 is 1.18 bits per heavy atom. The largest absolute Gasteiger partial charge is 0.285 e. The maximum absolute atomic E-state index is 14.2. The van der Waals surface area contributed by atoms with E-state index in [2.05, 4.69) is 18.9 Å². The second-order valence-electron chi connectivity index (χ2n) is 10.2. The lowest BCUT2D eigenvalue weighted by Crippen LogP contribution is -2.48. The van der Waals surface area contributed by atoms with E-state index >= 15 is 0 Å². The van der Waals surface area contributed by atoms with Gasteiger partial charge in [0.2, 0.25) is 15.9 Å². The minimum Gasteiger partial charge on any atom is -0.285 e. The summed E-state index contributed by atoms with van der Waals surface area (Å²) in [5.41, 5.74) is 3.83. The molecular weight excluding hydrogens is 537 g/mol. The number of benzene rings is 2. The lowest BCUT2D eigenvalue weighted by molar-refractivity contribution is -0.121. The molecule has 39 heavy (non-hydrogen) atoms. The quantitative estimate of drug-likeness (QED) is 0.289. The lowest BCUT2D eigenvalue weighted by atomic mass is 10.0. The maximum atomic E-state index is 14.2. The van der Waals surface area contributed by atoms with Gasteiger partial charge in [-0.05, 0) is 74.6 Å². The summed E-state index contributed by atoms with van der Waals surface area (Å²) in [7, 11) is -3.99. The van der Waals surface area contributed by atoms with Crippen molar-refractivity contribution in [1.29, 1.82) is 0 Å². The van der Waals surface area contributed by atoms with Gasteiger partial charge in [-0.3, -0.25) is 14.4 Å². The number of carbonyl (C=O) groups is 1. The molecule has 0 N–H and O–H groups in total. The minimum atomic E-state index is -3.99. The van der Waals surface area contributed by atoms with Crippen LogP contribution in [0.3, 0.4) is 0 Å². The zero-order valence-corrected chi connectivity index (χ0v) is 24.1. The summed E-state index contributed by atoms with van der Waals surface area (Å²) >= 11 is 1.43. The second-order valence-corrected chi connectivity index (χ2v) is 13.1. The van der Waals surface area contributed by atoms with Crippen molar-refractivity contribution in [2.24, 2.45) is 0 Å². The first-order chi connectivity index (χ1) is 18.6. The van der Waals surface area contributed by atoms with E-state index in [1.54, 1.807) is 4.90 Å². The van der Waals surface area contributed by atoms with E-state index in [1.807, 2.05) is 42.8 Å². The van der Waals surface area contributed by atoms with Crippen LogP contribution in [0.5, 0.6) is 0 Å². The number of hydrogen-bond acceptors (Lipinski definition) is 6. The number of fused-ring (bicyclic) bond motifs is 1. The Morgan fingerprint density at radius 2 is 1.92 bits per heavy atom. The predicted octanol–water partition coefficient (Wildman–Crippen LogP) is 5.26. The highest BCUT2D eigenvalue weighted by atomic mass is 32.2. The molecule has 0 radical (unpaired) electrons. The van der Waals surface area contributed by atoms with E-state index in [-0.39, 0.29) is 23.3 Å². The van der Waals surface area contributed by atoms with Crippen molar-refractivity contribution < 1.29 is 17.6 Å². The first kappa shape index (κ1) is 27.4. The molecule has 1 unspecified atom stereocenters. The van der Waals surface area contributed by atoms with E-state index in [1.165, 1.54) is 27.8 Å². The Labute approximate surface area is 232 Å². The number of rotatable bonds is 8. The monoisotopic (exact) mass is 569 g/mol. The number of halogens is 1. The first-order valence-corrected chi connectivity index (χ1v) is 15.3. The van der Waals surface area contributed by atoms with Crippen LogP contribution in [0.2, 0.25) is 0 Å². The number of anilines is 1. The van der Waals surface area contributed by atoms with Gasteiger partial charge in [-0.15, -0.1) is 0 Å². The van der Waals surface area contributed by atoms with Crippen LogP contribution in [0.4, 0.5) is 9.52 Å². The molecule has 206 valence electrons. The van der Waals surface area contributed by atoms with Crippen LogP contribution >= 0.6 is 11.3 Å². The number of thiazole rings is 1. The van der Waals surface area contributed by atoms with E-state index in [9.17, 15) is 17.6 Å². The summed E-state index contributed by atoms with van der Waals surface area (Å²) in [6.07, 6.45) is 0.956. The standard InChI is InChI=1S/C28H32FN5O3S2/c1-18(2)23-7-5-9-25-26(23)30-28(38-25)32(15-16-33-20(4)17-19(3)31-33)27(35)24-8-6-14-34(24)39(36,37)22-12-10-21(29)11-13-22/h5,7,9-13,17-18,24H,6,8,14-16H2,1-4H3. The summed E-state index contributed by atoms with van der Waals surface area (Å²) in [6, 6.07) is 11.9. The third kappa shape index (κ3) is 5.35. The molecule has 2 aromatic carbocycles. The van der Waals surface area contributed by atoms with Gasteiger partial charge >= 0.3 is 0 Å². The van der Waals surface area contributed by atoms with Crippen molar-refractivity contribution in [1.82, 2.24) is 19.1 Å². The molecule has 0 aliphatic carbocycles. The molecule has 1 aliphatic heterocycles. The van der Waals surface area contributed by atoms with Gasteiger partial charge in [0.05, 0.1) is 27.4 Å². The molecule has 2 aromatic heterocycles. The third-order valence-corrected chi connectivity index (χ3v) is 10.1. The SMILES string of the molecule is Cc1cc(C)n(CCN(C(=O)C2CCCN2S(=O)(=O)c2ccc(F)cc2)c2nc3c(C(C)C)cccc3s2)n1. The Kier molecular flexibility index (Phi) is 7.58. The topological polar surface area (TPSA) is 88.4 Å². The summed E-state index contributed by atoms with van der Waals surface area (Å²) in [4.78, 5) is 20.7. The molecule has 0 bridgehead atoms. The Morgan fingerprint density at radius 3 is 2.59 bits per heavy atom. The van der Waals surface area contributed by atoms with Crippen molar-refractivity contribution in [3.8, 4) is 0 Å². The molecule has 1 atom stereocenters. The van der Waals surface area contributed by atoms with Gasteiger partial charge in [0.15, 0.2) is 5.13 Å². The van der Waals surface area contributed by atoms with Gasteiger partial charge in [0.25, 0.3) is 0 Å². The van der Waals surface area contributed by atoms with E-state index < -0.39 is 21.9 Å². The van der Waals surface area contributed by atoms with Gasteiger partial charge < -0.3 is 0 Å². The summed E-state index contributed by atoms with van der Waals surface area (Å²) in [6.45, 7) is 9.05. The fourth-order valence-corrected chi connectivity index (χ4v) is 7.81. The van der Waals surface area contributed by atoms with Crippen LogP contribution in [0.25, 0.3) is 10.2 Å². The molecule has 1 fully saturated rings. The fraction of sp³-hybridized carbons (Fsp3) is 0.393. The number of hydrogen-bond donors (Lipinski definition) is 0. The number of carbonyl (C=O) groups excluding carboxylic acids is 1. The van der Waals surface area contributed by atoms with Gasteiger partial charge in [-0.25, -0.2) is 17.8 Å². The molecule has 11 heteroatoms. The average molecular weight is 570 g/mol. The van der Waals surface area contributed by atoms with Crippen molar-refractivity contribution in [3.63, 3.8) is 0 Å². The van der Waals surface area contributed by atoms with Crippen LogP contribution in [-0.4, -0.2) is 52.5 Å². The first-order valence-electron chi connectivity index (χ1n) is 13.1. The van der Waals surface area contributed by atoms with Gasteiger partial charge in [-0.1, -0.05) is 37.3 Å². The molecule has 0 saturated carbocycles. The van der Waals surface area contributed by atoms with Gasteiger partial charge in [-0.2, -0.15) is 9.40 Å². The smallest absolute Gasteiger partial charge is 0.247 e. The molecule has 4 aromatic rings. The van der Waals surface area contributed by atoms with Crippen molar-refractivity contribution in [3.05, 3.63) is 71.3 Å². The van der Waals surface area contributed by atoms with E-state index in [0.29, 0.717) is 31.1 Å². The van der Waals surface area contributed by atoms with Crippen molar-refractivity contribution >= 4 is 42.6 Å². The van der Waals surface area contributed by atoms with Gasteiger partial charge in [0.1, 0.15) is 11.9 Å². The molecule has 3 heterocycles. The number of sulfonamides is 1. The molecular formula is C28H32FN5O3S2. The van der Waals surface area contributed by atoms with E-state index in [4.69, 9.17) is 4.98 Å². The predicted molar refractivity (Wildman–Crippen MR) is 151 cm³/mol. The zero-order valence-electron chi connectivity index (χ0n) is 22.5. The van der Waals surface area contributed by atoms with Crippen LogP contribution in [-0.2, 0) is 21.4 Å². The average Bonchev–Trinajstić information content (AvgIpc) is 3.62. The van der Waals surface area contributed by atoms with Crippen LogP contribution in [0, 0.1) is 19.7 Å². The number of aryl methyl sites for hydroxylation is 2. The third-order valence-electron chi connectivity index (χ3n) is 7.11. The minimum absolute atomic E-state index is 0.0284. The van der Waals surface area contributed by atoms with Crippen LogP contribution in [0.15, 0.2) is 53.4 Å². The Hall–Kier alpha value is -3.15. The number of amides is 1. The highest BCUT2D eigenvalue weighted by Crippen LogP contribution is 2.35. The highest BCUT2D eigenvalue weighted by Gasteiger charge is 2.42. The van der Waals surface area contributed by atoms with Crippen LogP contribution < -0.4 is 4.90 Å². The summed E-state index contributed by atoms with van der Waals surface area (Å²) < 4.78 is 44.6. The normalized spacial score (nSPS) is 16.4. The summed E-state index contributed by atoms with van der Waals surface area (Å²) in [5, 5.41) is 5.08. The van der Waals surface area contributed by atoms with Crippen molar-refractivity contribution in [2.45, 2.75) is 63.9 Å². The Bertz CT molecular complexity index is 1610.